The molecule has 2 N–H and O–H groups in total. The van der Waals surface area contributed by atoms with Gasteiger partial charge in [-0.2, -0.15) is 0 Å². The van der Waals surface area contributed by atoms with E-state index in [0.717, 1.165) is 5.56 Å². The number of methoxy groups -OCH3 is 2. The number of hydrogen-bond donors (Lipinski definition) is 1. The molecule has 1 heterocycles. The summed E-state index contributed by atoms with van der Waals surface area (Å²) in [5.41, 5.74) is 8.96. The quantitative estimate of drug-likeness (QED) is 0.492. The van der Waals surface area contributed by atoms with Crippen LogP contribution in [0.2, 0.25) is 0 Å². The van der Waals surface area contributed by atoms with E-state index >= 15 is 0 Å². The second kappa shape index (κ2) is 6.76. The van der Waals surface area contributed by atoms with Crippen LogP contribution >= 0.6 is 0 Å². The average molecular weight is 341 g/mol. The molecule has 0 radical (unpaired) electrons. The van der Waals surface area contributed by atoms with Gasteiger partial charge in [0.25, 0.3) is 0 Å². The molecule has 0 unspecified atom stereocenters. The zero-order valence-corrected chi connectivity index (χ0v) is 14.9. The highest BCUT2D eigenvalue weighted by Crippen LogP contribution is 2.43. The maximum absolute atomic E-state index is 12.8. The van der Waals surface area contributed by atoms with E-state index in [0.29, 0.717) is 28.7 Å². The zero-order chi connectivity index (χ0) is 18.1. The Morgan fingerprint density at radius 3 is 2.36 bits per heavy atom. The van der Waals surface area contributed by atoms with E-state index in [-0.39, 0.29) is 11.9 Å². The molecule has 0 spiro atoms. The van der Waals surface area contributed by atoms with Crippen molar-refractivity contribution in [2.24, 2.45) is 0 Å². The summed E-state index contributed by atoms with van der Waals surface area (Å²) in [5, 5.41) is 0. The molecule has 5 nitrogen and oxygen atoms in total. The van der Waals surface area contributed by atoms with Gasteiger partial charge in [-0.3, -0.25) is 4.79 Å². The highest BCUT2D eigenvalue weighted by molar-refractivity contribution is 6.08. The Bertz CT molecular complexity index is 783. The predicted octanol–water partition coefficient (Wildman–Crippen LogP) is 3.73. The molecule has 2 atom stereocenters. The summed E-state index contributed by atoms with van der Waals surface area (Å²) in [6.45, 7) is 4.29. The first-order chi connectivity index (χ1) is 12.0. The number of ketones is 1. The molecular weight excluding hydrogens is 318 g/mol. The first-order valence-corrected chi connectivity index (χ1v) is 8.27. The smallest absolute Gasteiger partial charge is 0.200 e. The van der Waals surface area contributed by atoms with Crippen LogP contribution in [0.25, 0.3) is 0 Å². The minimum Gasteiger partial charge on any atom is -0.497 e. The number of ether oxygens (including phenoxy) is 3. The maximum atomic E-state index is 12.8. The van der Waals surface area contributed by atoms with Crippen molar-refractivity contribution in [3.63, 3.8) is 0 Å². The third-order valence-corrected chi connectivity index (χ3v) is 4.49. The van der Waals surface area contributed by atoms with Gasteiger partial charge in [-0.15, -0.1) is 0 Å². The number of epoxide rings is 1. The van der Waals surface area contributed by atoms with Crippen molar-refractivity contribution in [1.29, 1.82) is 0 Å². The second-order valence-corrected chi connectivity index (χ2v) is 6.46. The van der Waals surface area contributed by atoms with E-state index in [1.165, 1.54) is 19.8 Å². The number of anilines is 1. The molecule has 132 valence electrons. The summed E-state index contributed by atoms with van der Waals surface area (Å²) < 4.78 is 16.1. The Morgan fingerprint density at radius 1 is 1.12 bits per heavy atom. The fourth-order valence-corrected chi connectivity index (χ4v) is 2.93. The molecule has 2 aromatic carbocycles. The van der Waals surface area contributed by atoms with Gasteiger partial charge in [0.15, 0.2) is 11.9 Å². The molecule has 1 fully saturated rings. The van der Waals surface area contributed by atoms with Crippen molar-refractivity contribution in [2.75, 3.05) is 20.0 Å². The minimum atomic E-state index is -0.533. The fraction of sp³-hybridized carbons (Fsp3) is 0.350. The van der Waals surface area contributed by atoms with Crippen molar-refractivity contribution in [3.05, 3.63) is 53.1 Å². The number of rotatable bonds is 6. The molecule has 0 amide bonds. The van der Waals surface area contributed by atoms with Gasteiger partial charge in [0.05, 0.1) is 19.8 Å². The van der Waals surface area contributed by atoms with E-state index in [2.05, 4.69) is 26.0 Å². The van der Waals surface area contributed by atoms with Crippen LogP contribution in [0.15, 0.2) is 36.4 Å². The highest BCUT2D eigenvalue weighted by atomic mass is 16.6. The van der Waals surface area contributed by atoms with Crippen molar-refractivity contribution < 1.29 is 19.0 Å². The lowest BCUT2D eigenvalue weighted by Crippen LogP contribution is -2.13. The van der Waals surface area contributed by atoms with Crippen molar-refractivity contribution in [3.8, 4) is 11.5 Å². The van der Waals surface area contributed by atoms with Crippen molar-refractivity contribution in [1.82, 2.24) is 0 Å². The van der Waals surface area contributed by atoms with E-state index in [4.69, 9.17) is 19.9 Å². The summed E-state index contributed by atoms with van der Waals surface area (Å²) in [7, 11) is 3.04. The standard InChI is InChI=1S/C20H23NO4/c1-11(2)12-5-7-13(8-6-12)19-20(25-19)18(22)17-15(21)9-14(23-3)10-16(17)24-4/h5-11,19-20H,21H2,1-4H3/t19-,20-/m1/s1. The number of carbonyl (C=O) groups is 1. The monoisotopic (exact) mass is 341 g/mol. The van der Waals surface area contributed by atoms with E-state index < -0.39 is 6.10 Å². The Hall–Kier alpha value is -2.53. The number of Topliss-reactive ketones (excluding diaryl/α,β-unsaturated/α-hetero) is 1. The van der Waals surface area contributed by atoms with Crippen LogP contribution in [-0.2, 0) is 4.74 Å². The van der Waals surface area contributed by atoms with E-state index in [1.54, 1.807) is 12.1 Å². The van der Waals surface area contributed by atoms with Crippen LogP contribution in [0.3, 0.4) is 0 Å². The predicted molar refractivity (Wildman–Crippen MR) is 96.4 cm³/mol. The Morgan fingerprint density at radius 2 is 1.80 bits per heavy atom. The van der Waals surface area contributed by atoms with Gasteiger partial charge in [-0.05, 0) is 17.0 Å². The lowest BCUT2D eigenvalue weighted by molar-refractivity contribution is 0.0951. The number of benzene rings is 2. The Kier molecular flexibility index (Phi) is 4.68. The molecule has 0 bridgehead atoms. The third-order valence-electron chi connectivity index (χ3n) is 4.49. The molecule has 2 aromatic rings. The number of carbonyl (C=O) groups excluding carboxylic acids is 1. The van der Waals surface area contributed by atoms with Gasteiger partial charge in [0.1, 0.15) is 17.6 Å². The number of nitrogen functional groups attached to an aromatic ring is 1. The Labute approximate surface area is 147 Å². The summed E-state index contributed by atoms with van der Waals surface area (Å²) in [4.78, 5) is 12.8. The lowest BCUT2D eigenvalue weighted by atomic mass is 9.97. The third kappa shape index (κ3) is 3.33. The Balaban J connectivity index is 1.82. The van der Waals surface area contributed by atoms with Gasteiger partial charge in [-0.25, -0.2) is 0 Å². The first kappa shape index (κ1) is 17.3. The van der Waals surface area contributed by atoms with E-state index in [1.807, 2.05) is 12.1 Å². The molecule has 0 aromatic heterocycles. The van der Waals surface area contributed by atoms with Gasteiger partial charge in [0.2, 0.25) is 0 Å². The largest absolute Gasteiger partial charge is 0.497 e. The molecule has 0 saturated carbocycles. The molecule has 5 heteroatoms. The van der Waals surface area contributed by atoms with Crippen LogP contribution in [0, 0.1) is 0 Å². The van der Waals surface area contributed by atoms with Crippen LogP contribution in [-0.4, -0.2) is 26.1 Å². The lowest BCUT2D eigenvalue weighted by Gasteiger charge is -2.12. The van der Waals surface area contributed by atoms with Crippen molar-refractivity contribution >= 4 is 11.5 Å². The van der Waals surface area contributed by atoms with Gasteiger partial charge >= 0.3 is 0 Å². The average Bonchev–Trinajstić information content (AvgIpc) is 3.41. The molecule has 25 heavy (non-hydrogen) atoms. The first-order valence-electron chi connectivity index (χ1n) is 8.27. The van der Waals surface area contributed by atoms with Crippen LogP contribution in [0.1, 0.15) is 47.4 Å². The van der Waals surface area contributed by atoms with Gasteiger partial charge in [-0.1, -0.05) is 38.1 Å². The normalized spacial score (nSPS) is 18.9. The SMILES string of the molecule is COc1cc(N)c(C(=O)[C@H]2O[C@@H]2c2ccc(C(C)C)cc2)c(OC)c1. The number of hydrogen-bond acceptors (Lipinski definition) is 5. The molecule has 1 aliphatic heterocycles. The van der Waals surface area contributed by atoms with Gasteiger partial charge < -0.3 is 19.9 Å². The minimum absolute atomic E-state index is 0.171. The van der Waals surface area contributed by atoms with E-state index in [9.17, 15) is 4.79 Å². The van der Waals surface area contributed by atoms with Crippen LogP contribution in [0.4, 0.5) is 5.69 Å². The van der Waals surface area contributed by atoms with Gasteiger partial charge in [0, 0.05) is 17.8 Å². The summed E-state index contributed by atoms with van der Waals surface area (Å²) in [6, 6.07) is 11.4. The molecule has 1 saturated heterocycles. The summed E-state index contributed by atoms with van der Waals surface area (Å²) in [6.07, 6.45) is -0.769. The molecule has 0 aliphatic carbocycles. The van der Waals surface area contributed by atoms with Crippen molar-refractivity contribution in [2.45, 2.75) is 32.0 Å². The molecule has 3 rings (SSSR count). The maximum Gasteiger partial charge on any atom is 0.200 e. The number of nitrogens with two attached hydrogens (primary N) is 1. The molecule has 1 aliphatic rings. The zero-order valence-electron chi connectivity index (χ0n) is 14.9. The van der Waals surface area contributed by atoms with Crippen LogP contribution in [0.5, 0.6) is 11.5 Å². The highest BCUT2D eigenvalue weighted by Gasteiger charge is 2.47. The second-order valence-electron chi connectivity index (χ2n) is 6.46. The fourth-order valence-electron chi connectivity index (χ4n) is 2.93. The topological polar surface area (TPSA) is 74.1 Å². The van der Waals surface area contributed by atoms with Crippen LogP contribution < -0.4 is 15.2 Å². The summed E-state index contributed by atoms with van der Waals surface area (Å²) >= 11 is 0. The summed E-state index contributed by atoms with van der Waals surface area (Å²) in [5.74, 6) is 1.24. The molecular formula is C20H23NO4.